The van der Waals surface area contributed by atoms with Gasteiger partial charge in [0.25, 0.3) is 10.0 Å². The van der Waals surface area contributed by atoms with Gasteiger partial charge in [-0.05, 0) is 49.4 Å². The van der Waals surface area contributed by atoms with E-state index in [9.17, 15) is 13.2 Å². The number of nitrogens with two attached hydrogens (primary N) is 1. The number of anilines is 1. The molecule has 0 radical (unpaired) electrons. The number of pyridine rings is 1. The maximum Gasteiger partial charge on any atom is 0.263 e. The van der Waals surface area contributed by atoms with Crippen LogP contribution in [0.1, 0.15) is 13.8 Å². The Morgan fingerprint density at radius 1 is 1.11 bits per heavy atom. The van der Waals surface area contributed by atoms with Crippen LogP contribution >= 0.6 is 0 Å². The van der Waals surface area contributed by atoms with Crippen molar-refractivity contribution >= 4 is 27.3 Å². The summed E-state index contributed by atoms with van der Waals surface area (Å²) in [6, 6.07) is 10.8. The van der Waals surface area contributed by atoms with E-state index in [0.29, 0.717) is 22.7 Å². The number of nitrogens with zero attached hydrogens (tertiary/aromatic N) is 3. The molecule has 0 saturated carbocycles. The molecule has 0 spiro atoms. The summed E-state index contributed by atoms with van der Waals surface area (Å²) in [6.07, 6.45) is 3.15. The van der Waals surface area contributed by atoms with E-state index in [2.05, 4.69) is 19.9 Å². The van der Waals surface area contributed by atoms with Crippen molar-refractivity contribution in [1.29, 1.82) is 0 Å². The largest absolute Gasteiger partial charge is 0.397 e. The zero-order valence-electron chi connectivity index (χ0n) is 15.3. The fourth-order valence-electron chi connectivity index (χ4n) is 2.58. The Bertz CT molecular complexity index is 1090. The van der Waals surface area contributed by atoms with E-state index in [-0.39, 0.29) is 22.4 Å². The topological polar surface area (TPSA) is 127 Å². The summed E-state index contributed by atoms with van der Waals surface area (Å²) in [5.41, 5.74) is 7.58. The molecule has 3 N–H and O–H groups in total. The van der Waals surface area contributed by atoms with Crippen LogP contribution in [0.3, 0.4) is 0 Å². The smallest absolute Gasteiger partial charge is 0.263 e. The lowest BCUT2D eigenvalue weighted by Crippen LogP contribution is -2.20. The minimum Gasteiger partial charge on any atom is -0.397 e. The lowest BCUT2D eigenvalue weighted by atomic mass is 9.92. The van der Waals surface area contributed by atoms with Crippen LogP contribution in [0.4, 0.5) is 11.5 Å². The van der Waals surface area contributed by atoms with Gasteiger partial charge in [-0.3, -0.25) is 9.52 Å². The Morgan fingerprint density at radius 2 is 1.82 bits per heavy atom. The average molecular weight is 397 g/mol. The summed E-state index contributed by atoms with van der Waals surface area (Å²) in [5, 5.41) is 8.19. The molecule has 8 nitrogen and oxygen atoms in total. The number of carbonyl (C=O) groups is 1. The normalized spacial score (nSPS) is 17.7. The molecule has 0 amide bonds. The molecule has 3 rings (SSSR count). The van der Waals surface area contributed by atoms with Crippen molar-refractivity contribution in [2.45, 2.75) is 18.7 Å². The summed E-state index contributed by atoms with van der Waals surface area (Å²) >= 11 is 0. The number of hydrogen-bond acceptors (Lipinski definition) is 7. The number of azo groups is 1. The van der Waals surface area contributed by atoms with Gasteiger partial charge in [-0.25, -0.2) is 13.4 Å². The van der Waals surface area contributed by atoms with E-state index in [1.54, 1.807) is 38.1 Å². The standard InChI is InChI=1S/C19H19N5O3S/c1-12-11-16(18(20)13(2)19(12)25)23-22-14-6-8-15(9-7-14)28(26,27)24-17-5-3-4-10-21-17/h3-12H,20H2,1-2H3,(H,21,24). The fourth-order valence-corrected chi connectivity index (χ4v) is 3.59. The molecule has 28 heavy (non-hydrogen) atoms. The maximum absolute atomic E-state index is 12.4. The Morgan fingerprint density at radius 3 is 2.46 bits per heavy atom. The Hall–Kier alpha value is -3.33. The number of nitrogens with one attached hydrogen (secondary N) is 1. The van der Waals surface area contributed by atoms with E-state index >= 15 is 0 Å². The predicted molar refractivity (Wildman–Crippen MR) is 105 cm³/mol. The van der Waals surface area contributed by atoms with Gasteiger partial charge < -0.3 is 5.73 Å². The number of allylic oxidation sites excluding steroid dienone is 2. The molecule has 1 aliphatic rings. The van der Waals surface area contributed by atoms with Crippen LogP contribution in [0.15, 0.2) is 86.8 Å². The van der Waals surface area contributed by atoms with Gasteiger partial charge in [-0.1, -0.05) is 13.0 Å². The van der Waals surface area contributed by atoms with Crippen LogP contribution in [-0.2, 0) is 14.8 Å². The second-order valence-electron chi connectivity index (χ2n) is 6.26. The Kier molecular flexibility index (Phi) is 5.36. The van der Waals surface area contributed by atoms with Crippen molar-refractivity contribution in [2.75, 3.05) is 4.72 Å². The monoisotopic (exact) mass is 397 g/mol. The van der Waals surface area contributed by atoms with E-state index < -0.39 is 10.0 Å². The summed E-state index contributed by atoms with van der Waals surface area (Å²) in [6.45, 7) is 3.42. The number of sulfonamides is 1. The molecular formula is C19H19N5O3S. The van der Waals surface area contributed by atoms with Gasteiger partial charge in [0.05, 0.1) is 16.3 Å². The molecule has 9 heteroatoms. The lowest BCUT2D eigenvalue weighted by molar-refractivity contribution is -0.117. The second kappa shape index (κ2) is 7.73. The fraction of sp³-hybridized carbons (Fsp3) is 0.158. The van der Waals surface area contributed by atoms with Crippen molar-refractivity contribution in [2.24, 2.45) is 21.9 Å². The van der Waals surface area contributed by atoms with Crippen molar-refractivity contribution in [3.63, 3.8) is 0 Å². The number of benzene rings is 1. The van der Waals surface area contributed by atoms with E-state index in [1.165, 1.54) is 30.5 Å². The Balaban J connectivity index is 1.77. The summed E-state index contributed by atoms with van der Waals surface area (Å²) in [7, 11) is -3.76. The van der Waals surface area contributed by atoms with E-state index in [4.69, 9.17) is 5.73 Å². The SMILES string of the molecule is CC1=C(N)C(N=Nc2ccc(S(=O)(=O)Nc3ccccn3)cc2)=CC(C)C1=O. The third-order valence-electron chi connectivity index (χ3n) is 4.20. The number of aromatic nitrogens is 1. The van der Waals surface area contributed by atoms with Gasteiger partial charge in [0.2, 0.25) is 0 Å². The van der Waals surface area contributed by atoms with Crippen LogP contribution < -0.4 is 10.5 Å². The van der Waals surface area contributed by atoms with E-state index in [1.807, 2.05) is 0 Å². The minimum atomic E-state index is -3.76. The first-order valence-electron chi connectivity index (χ1n) is 8.46. The van der Waals surface area contributed by atoms with Gasteiger partial charge >= 0.3 is 0 Å². The predicted octanol–water partition coefficient (Wildman–Crippen LogP) is 3.30. The number of ketones is 1. The first-order valence-corrected chi connectivity index (χ1v) is 9.94. The molecule has 1 aliphatic carbocycles. The van der Waals surface area contributed by atoms with Crippen molar-refractivity contribution in [3.05, 3.63) is 71.7 Å². The first-order chi connectivity index (χ1) is 13.3. The summed E-state index contributed by atoms with van der Waals surface area (Å²) in [4.78, 5) is 15.9. The minimum absolute atomic E-state index is 0.0357. The van der Waals surface area contributed by atoms with Crippen LogP contribution in [0.2, 0.25) is 0 Å². The van der Waals surface area contributed by atoms with Gasteiger partial charge in [-0.2, -0.15) is 5.11 Å². The summed E-state index contributed by atoms with van der Waals surface area (Å²) in [5.74, 6) is -0.116. The zero-order chi connectivity index (χ0) is 20.3. The molecule has 1 aromatic carbocycles. The first kappa shape index (κ1) is 19.4. The molecule has 1 aromatic heterocycles. The van der Waals surface area contributed by atoms with Crippen molar-refractivity contribution < 1.29 is 13.2 Å². The Labute approximate surface area is 163 Å². The van der Waals surface area contributed by atoms with Crippen LogP contribution in [-0.4, -0.2) is 19.2 Å². The molecule has 2 aromatic rings. The summed E-state index contributed by atoms with van der Waals surface area (Å²) < 4.78 is 27.2. The van der Waals surface area contributed by atoms with Crippen LogP contribution in [0.25, 0.3) is 0 Å². The average Bonchev–Trinajstić information content (AvgIpc) is 2.69. The number of carbonyl (C=O) groups excluding carboxylic acids is 1. The van der Waals surface area contributed by atoms with Gasteiger partial charge in [0, 0.05) is 17.7 Å². The van der Waals surface area contributed by atoms with Gasteiger partial charge in [-0.15, -0.1) is 5.11 Å². The van der Waals surface area contributed by atoms with Crippen molar-refractivity contribution in [3.8, 4) is 0 Å². The number of Topliss-reactive ketones (excluding diaryl/α,β-unsaturated/α-hetero) is 1. The van der Waals surface area contributed by atoms with Crippen LogP contribution in [0.5, 0.6) is 0 Å². The maximum atomic E-state index is 12.4. The molecule has 0 saturated heterocycles. The molecule has 1 atom stereocenters. The number of rotatable bonds is 5. The van der Waals surface area contributed by atoms with E-state index in [0.717, 1.165) is 0 Å². The molecule has 0 aliphatic heterocycles. The highest BCUT2D eigenvalue weighted by Crippen LogP contribution is 2.26. The highest BCUT2D eigenvalue weighted by atomic mass is 32.2. The molecule has 0 fully saturated rings. The third kappa shape index (κ3) is 4.15. The zero-order valence-corrected chi connectivity index (χ0v) is 16.1. The third-order valence-corrected chi connectivity index (χ3v) is 5.57. The molecule has 144 valence electrons. The lowest BCUT2D eigenvalue weighted by Gasteiger charge is -2.16. The van der Waals surface area contributed by atoms with Crippen molar-refractivity contribution in [1.82, 2.24) is 4.98 Å². The molecular weight excluding hydrogens is 378 g/mol. The van der Waals surface area contributed by atoms with Gasteiger partial charge in [0.1, 0.15) is 11.5 Å². The highest BCUT2D eigenvalue weighted by molar-refractivity contribution is 7.92. The molecule has 1 heterocycles. The second-order valence-corrected chi connectivity index (χ2v) is 7.94. The molecule has 1 unspecified atom stereocenters. The molecule has 0 bridgehead atoms. The quantitative estimate of drug-likeness (QED) is 0.748. The number of hydrogen-bond donors (Lipinski definition) is 2. The highest BCUT2D eigenvalue weighted by Gasteiger charge is 2.23. The van der Waals surface area contributed by atoms with Gasteiger partial charge in [0.15, 0.2) is 5.78 Å². The van der Waals surface area contributed by atoms with Crippen LogP contribution in [0, 0.1) is 5.92 Å².